The molecule has 1 N–H and O–H groups in total. The minimum absolute atomic E-state index is 0.164. The van der Waals surface area contributed by atoms with Crippen LogP contribution in [0.3, 0.4) is 0 Å². The zero-order valence-electron chi connectivity index (χ0n) is 11.6. The third kappa shape index (κ3) is 4.01. The van der Waals surface area contributed by atoms with Gasteiger partial charge < -0.3 is 10.1 Å². The van der Waals surface area contributed by atoms with Gasteiger partial charge in [-0.15, -0.1) is 0 Å². The molecule has 1 aromatic carbocycles. The molecule has 0 amide bonds. The normalized spacial score (nSPS) is 12.3. The molecular formula is C14H18BrN3OS. The third-order valence-electron chi connectivity index (χ3n) is 3.04. The summed E-state index contributed by atoms with van der Waals surface area (Å²) in [4.78, 5) is 0. The van der Waals surface area contributed by atoms with Crippen LogP contribution in [0.15, 0.2) is 28.9 Å². The lowest BCUT2D eigenvalue weighted by molar-refractivity contribution is 0.404. The summed E-state index contributed by atoms with van der Waals surface area (Å²) in [7, 11) is 1.70. The Bertz CT molecular complexity index is 533. The van der Waals surface area contributed by atoms with Gasteiger partial charge in [0.1, 0.15) is 5.75 Å². The molecule has 6 heteroatoms. The molecule has 0 spiro atoms. The van der Waals surface area contributed by atoms with Crippen LogP contribution < -0.4 is 10.1 Å². The van der Waals surface area contributed by atoms with Gasteiger partial charge in [-0.05, 0) is 43.1 Å². The molecule has 0 saturated carbocycles. The summed E-state index contributed by atoms with van der Waals surface area (Å²) in [5.41, 5.74) is 2.15. The second kappa shape index (κ2) is 7.71. The van der Waals surface area contributed by atoms with E-state index in [4.69, 9.17) is 4.74 Å². The van der Waals surface area contributed by atoms with Gasteiger partial charge in [-0.1, -0.05) is 22.9 Å². The third-order valence-corrected chi connectivity index (χ3v) is 4.03. The first-order valence-corrected chi connectivity index (χ1v) is 8.10. The van der Waals surface area contributed by atoms with Crippen molar-refractivity contribution in [3.63, 3.8) is 0 Å². The average Bonchev–Trinajstić information content (AvgIpc) is 2.97. The number of methoxy groups -OCH3 is 1. The molecule has 0 saturated heterocycles. The number of hydrogen-bond acceptors (Lipinski definition) is 5. The van der Waals surface area contributed by atoms with Gasteiger partial charge in [-0.2, -0.15) is 8.75 Å². The van der Waals surface area contributed by atoms with E-state index < -0.39 is 0 Å². The minimum atomic E-state index is 0.164. The van der Waals surface area contributed by atoms with Crippen LogP contribution in [0.1, 0.15) is 30.6 Å². The molecule has 1 heterocycles. The van der Waals surface area contributed by atoms with Crippen LogP contribution in [0.25, 0.3) is 0 Å². The highest BCUT2D eigenvalue weighted by molar-refractivity contribution is 9.10. The molecule has 0 fully saturated rings. The molecule has 0 radical (unpaired) electrons. The first-order chi connectivity index (χ1) is 9.74. The zero-order valence-corrected chi connectivity index (χ0v) is 14.0. The molecule has 108 valence electrons. The molecular weight excluding hydrogens is 338 g/mol. The maximum atomic E-state index is 5.44. The number of ether oxygens (including phenoxy) is 1. The van der Waals surface area contributed by atoms with Gasteiger partial charge in [-0.3, -0.25) is 0 Å². The number of nitrogens with zero attached hydrogens (tertiary/aromatic N) is 2. The Balaban J connectivity index is 2.21. The minimum Gasteiger partial charge on any atom is -0.496 e. The summed E-state index contributed by atoms with van der Waals surface area (Å²) in [6.07, 6.45) is 3.75. The van der Waals surface area contributed by atoms with E-state index in [9.17, 15) is 0 Å². The average molecular weight is 356 g/mol. The van der Waals surface area contributed by atoms with Gasteiger partial charge in [0, 0.05) is 4.47 Å². The summed E-state index contributed by atoms with van der Waals surface area (Å²) in [5, 5.41) is 3.52. The van der Waals surface area contributed by atoms with Crippen molar-refractivity contribution in [3.05, 3.63) is 40.1 Å². The first-order valence-electron chi connectivity index (χ1n) is 6.57. The van der Waals surface area contributed by atoms with E-state index in [-0.39, 0.29) is 6.04 Å². The Hall–Kier alpha value is -0.980. The lowest BCUT2D eigenvalue weighted by Gasteiger charge is -2.18. The molecule has 1 atom stereocenters. The van der Waals surface area contributed by atoms with Crippen molar-refractivity contribution in [2.45, 2.75) is 25.8 Å². The number of halogens is 1. The summed E-state index contributed by atoms with van der Waals surface area (Å²) < 4.78 is 15.0. The monoisotopic (exact) mass is 355 g/mol. The van der Waals surface area contributed by atoms with E-state index in [0.29, 0.717) is 0 Å². The van der Waals surface area contributed by atoms with Crippen molar-refractivity contribution >= 4 is 27.7 Å². The standard InChI is InChI=1S/C14H18BrN3OS/c1-3-6-16-12(13-9-17-20-18-13)8-10-7-11(15)4-5-14(10)19-2/h4-5,7,9,12,16H,3,6,8H2,1-2H3. The predicted octanol–water partition coefficient (Wildman–Crippen LogP) is 3.59. The highest BCUT2D eigenvalue weighted by Gasteiger charge is 2.16. The van der Waals surface area contributed by atoms with Crippen LogP contribution in [0.5, 0.6) is 5.75 Å². The van der Waals surface area contributed by atoms with E-state index in [0.717, 1.165) is 40.9 Å². The molecule has 0 aliphatic carbocycles. The van der Waals surface area contributed by atoms with E-state index >= 15 is 0 Å². The molecule has 1 aromatic heterocycles. The van der Waals surface area contributed by atoms with E-state index in [2.05, 4.69) is 43.0 Å². The zero-order chi connectivity index (χ0) is 14.4. The van der Waals surface area contributed by atoms with Crippen LogP contribution in [0, 0.1) is 0 Å². The topological polar surface area (TPSA) is 47.0 Å². The first kappa shape index (κ1) is 15.4. The van der Waals surface area contributed by atoms with Crippen molar-refractivity contribution in [1.29, 1.82) is 0 Å². The molecule has 20 heavy (non-hydrogen) atoms. The van der Waals surface area contributed by atoms with E-state index in [1.165, 1.54) is 11.7 Å². The number of nitrogens with one attached hydrogen (secondary N) is 1. The second-order valence-electron chi connectivity index (χ2n) is 4.50. The van der Waals surface area contributed by atoms with Crippen molar-refractivity contribution in [2.75, 3.05) is 13.7 Å². The largest absolute Gasteiger partial charge is 0.496 e. The van der Waals surface area contributed by atoms with Crippen LogP contribution in [-0.2, 0) is 6.42 Å². The molecule has 0 aliphatic rings. The summed E-state index contributed by atoms with van der Waals surface area (Å²) in [6.45, 7) is 3.11. The lowest BCUT2D eigenvalue weighted by atomic mass is 10.0. The van der Waals surface area contributed by atoms with Crippen LogP contribution in [-0.4, -0.2) is 22.4 Å². The highest BCUT2D eigenvalue weighted by atomic mass is 79.9. The number of hydrogen-bond donors (Lipinski definition) is 1. The summed E-state index contributed by atoms with van der Waals surface area (Å²) in [5.74, 6) is 0.902. The maximum Gasteiger partial charge on any atom is 0.122 e. The van der Waals surface area contributed by atoms with Gasteiger partial charge >= 0.3 is 0 Å². The van der Waals surface area contributed by atoms with Gasteiger partial charge in [0.05, 0.1) is 36.8 Å². The molecule has 0 bridgehead atoms. The predicted molar refractivity (Wildman–Crippen MR) is 85.3 cm³/mol. The fourth-order valence-electron chi connectivity index (χ4n) is 2.05. The molecule has 2 aromatic rings. The summed E-state index contributed by atoms with van der Waals surface area (Å²) in [6, 6.07) is 6.23. The quantitative estimate of drug-likeness (QED) is 0.824. The Morgan fingerprint density at radius 2 is 2.30 bits per heavy atom. The highest BCUT2D eigenvalue weighted by Crippen LogP contribution is 2.27. The molecule has 4 nitrogen and oxygen atoms in total. The Labute approximate surface area is 132 Å². The number of benzene rings is 1. The van der Waals surface area contributed by atoms with Crippen molar-refractivity contribution in [1.82, 2.24) is 14.1 Å². The molecule has 2 rings (SSSR count). The lowest BCUT2D eigenvalue weighted by Crippen LogP contribution is -2.24. The SMILES string of the molecule is CCCNC(Cc1cc(Br)ccc1OC)c1cnsn1. The Kier molecular flexibility index (Phi) is 5.94. The van der Waals surface area contributed by atoms with E-state index in [1.54, 1.807) is 7.11 Å². The van der Waals surface area contributed by atoms with Crippen LogP contribution in [0.2, 0.25) is 0 Å². The van der Waals surface area contributed by atoms with Crippen LogP contribution in [0.4, 0.5) is 0 Å². The van der Waals surface area contributed by atoms with Gasteiger partial charge in [0.2, 0.25) is 0 Å². The Morgan fingerprint density at radius 3 is 2.95 bits per heavy atom. The fraction of sp³-hybridized carbons (Fsp3) is 0.429. The second-order valence-corrected chi connectivity index (χ2v) is 5.97. The summed E-state index contributed by atoms with van der Waals surface area (Å²) >= 11 is 4.76. The Morgan fingerprint density at radius 1 is 1.45 bits per heavy atom. The number of aromatic nitrogens is 2. The van der Waals surface area contributed by atoms with Gasteiger partial charge in [0.15, 0.2) is 0 Å². The number of rotatable bonds is 7. The van der Waals surface area contributed by atoms with Gasteiger partial charge in [0.25, 0.3) is 0 Å². The smallest absolute Gasteiger partial charge is 0.122 e. The van der Waals surface area contributed by atoms with Crippen molar-refractivity contribution in [3.8, 4) is 5.75 Å². The van der Waals surface area contributed by atoms with Crippen LogP contribution >= 0.6 is 27.7 Å². The van der Waals surface area contributed by atoms with Crippen molar-refractivity contribution in [2.24, 2.45) is 0 Å². The maximum absolute atomic E-state index is 5.44. The fourth-order valence-corrected chi connectivity index (χ4v) is 2.93. The van der Waals surface area contributed by atoms with E-state index in [1.807, 2.05) is 18.3 Å². The van der Waals surface area contributed by atoms with Gasteiger partial charge in [-0.25, -0.2) is 0 Å². The van der Waals surface area contributed by atoms with Crippen molar-refractivity contribution < 1.29 is 4.74 Å². The molecule has 1 unspecified atom stereocenters. The molecule has 0 aliphatic heterocycles.